The van der Waals surface area contributed by atoms with Crippen molar-refractivity contribution < 1.29 is 14.0 Å². The van der Waals surface area contributed by atoms with Gasteiger partial charge in [-0.15, -0.1) is 0 Å². The Bertz CT molecular complexity index is 665. The van der Waals surface area contributed by atoms with Crippen molar-refractivity contribution in [1.82, 2.24) is 10.5 Å². The first kappa shape index (κ1) is 15.5. The molecule has 2 aromatic rings. The van der Waals surface area contributed by atoms with Crippen molar-refractivity contribution in [3.05, 3.63) is 57.6 Å². The van der Waals surface area contributed by atoms with Crippen LogP contribution in [0.15, 0.2) is 30.3 Å². The summed E-state index contributed by atoms with van der Waals surface area (Å²) < 4.78 is 12.7. The molecule has 3 N–H and O–H groups in total. The molecule has 0 aliphatic rings. The van der Waals surface area contributed by atoms with E-state index >= 15 is 0 Å². The maximum absolute atomic E-state index is 12.7. The highest BCUT2D eigenvalue weighted by Crippen LogP contribution is 2.24. The molecule has 0 saturated heterocycles. The molecule has 0 aliphatic carbocycles. The molecule has 0 unspecified atom stereocenters. The van der Waals surface area contributed by atoms with Gasteiger partial charge in [-0.1, -0.05) is 35.3 Å². The zero-order valence-corrected chi connectivity index (χ0v) is 12.1. The summed E-state index contributed by atoms with van der Waals surface area (Å²) >= 11 is 11.6. The summed E-state index contributed by atoms with van der Waals surface area (Å²) in [7, 11) is 0. The third kappa shape index (κ3) is 4.04. The van der Waals surface area contributed by atoms with Crippen molar-refractivity contribution in [2.75, 3.05) is 5.73 Å². The number of anilines is 1. The van der Waals surface area contributed by atoms with E-state index < -0.39 is 5.91 Å². The van der Waals surface area contributed by atoms with E-state index in [9.17, 15) is 9.18 Å². The molecule has 0 radical (unpaired) electrons. The molecule has 21 heavy (non-hydrogen) atoms. The number of amides is 1. The molecule has 1 aromatic heterocycles. The van der Waals surface area contributed by atoms with Crippen LogP contribution in [0.5, 0.6) is 0 Å². The molecule has 5 nitrogen and oxygen atoms in total. The van der Waals surface area contributed by atoms with Gasteiger partial charge in [0.1, 0.15) is 11.0 Å². The van der Waals surface area contributed by atoms with Gasteiger partial charge in [0.2, 0.25) is 0 Å². The van der Waals surface area contributed by atoms with Crippen molar-refractivity contribution in [2.45, 2.75) is 6.61 Å². The molecule has 110 valence electrons. The van der Waals surface area contributed by atoms with Gasteiger partial charge in [-0.25, -0.2) is 14.9 Å². The zero-order valence-electron chi connectivity index (χ0n) is 10.6. The van der Waals surface area contributed by atoms with E-state index in [0.717, 1.165) is 0 Å². The van der Waals surface area contributed by atoms with Gasteiger partial charge in [0.05, 0.1) is 17.3 Å². The standard InChI is InChI=1S/C13H10Cl2FN3O2/c14-10-5-9(17)11(15)12(18-10)13(20)19-21-6-7-1-3-8(16)4-2-7/h1-5H,6H2,(H2,17,18)(H,19,20). The fraction of sp³-hybridized carbons (Fsp3) is 0.0769. The number of hydroxylamine groups is 1. The number of carbonyl (C=O) groups excluding carboxylic acids is 1. The van der Waals surface area contributed by atoms with Crippen LogP contribution in [0, 0.1) is 5.82 Å². The Morgan fingerprint density at radius 3 is 2.67 bits per heavy atom. The molecular weight excluding hydrogens is 320 g/mol. The lowest BCUT2D eigenvalue weighted by atomic mass is 10.2. The number of aromatic nitrogens is 1. The quantitative estimate of drug-likeness (QED) is 0.667. The topological polar surface area (TPSA) is 77.2 Å². The van der Waals surface area contributed by atoms with Crippen LogP contribution in [0.25, 0.3) is 0 Å². The fourth-order valence-electron chi connectivity index (χ4n) is 1.48. The van der Waals surface area contributed by atoms with Crippen LogP contribution in [0.1, 0.15) is 16.1 Å². The van der Waals surface area contributed by atoms with E-state index in [-0.39, 0.29) is 34.0 Å². The average Bonchev–Trinajstić information content (AvgIpc) is 2.44. The van der Waals surface area contributed by atoms with Gasteiger partial charge < -0.3 is 5.73 Å². The molecular formula is C13H10Cl2FN3O2. The van der Waals surface area contributed by atoms with E-state index in [0.29, 0.717) is 5.56 Å². The summed E-state index contributed by atoms with van der Waals surface area (Å²) in [6.45, 7) is 0.0552. The first-order chi connectivity index (χ1) is 9.97. The number of nitrogens with one attached hydrogen (secondary N) is 1. The van der Waals surface area contributed by atoms with Gasteiger partial charge in [0.25, 0.3) is 5.91 Å². The third-order valence-corrected chi connectivity index (χ3v) is 3.08. The average molecular weight is 330 g/mol. The first-order valence-corrected chi connectivity index (χ1v) is 6.51. The molecule has 8 heteroatoms. The monoisotopic (exact) mass is 329 g/mol. The number of rotatable bonds is 4. The Labute approximate surface area is 129 Å². The Hall–Kier alpha value is -1.89. The molecule has 0 aliphatic heterocycles. The van der Waals surface area contributed by atoms with E-state index in [2.05, 4.69) is 10.5 Å². The Balaban J connectivity index is 1.97. The smallest absolute Gasteiger partial charge is 0.295 e. The Morgan fingerprint density at radius 1 is 1.33 bits per heavy atom. The second-order valence-corrected chi connectivity index (χ2v) is 4.81. The van der Waals surface area contributed by atoms with Crippen LogP contribution in [0.3, 0.4) is 0 Å². The van der Waals surface area contributed by atoms with E-state index in [1.807, 2.05) is 0 Å². The largest absolute Gasteiger partial charge is 0.397 e. The molecule has 1 aromatic carbocycles. The van der Waals surface area contributed by atoms with Crippen molar-refractivity contribution in [1.29, 1.82) is 0 Å². The zero-order chi connectivity index (χ0) is 15.4. The van der Waals surface area contributed by atoms with Gasteiger partial charge in [0, 0.05) is 0 Å². The van der Waals surface area contributed by atoms with Gasteiger partial charge in [-0.05, 0) is 23.8 Å². The van der Waals surface area contributed by atoms with Crippen LogP contribution >= 0.6 is 23.2 Å². The van der Waals surface area contributed by atoms with Gasteiger partial charge >= 0.3 is 0 Å². The van der Waals surface area contributed by atoms with Gasteiger partial charge in [-0.2, -0.15) is 0 Å². The summed E-state index contributed by atoms with van der Waals surface area (Å²) in [6, 6.07) is 6.97. The van der Waals surface area contributed by atoms with E-state index in [1.54, 1.807) is 0 Å². The molecule has 2 rings (SSSR count). The summed E-state index contributed by atoms with van der Waals surface area (Å²) in [5.74, 6) is -1.04. The summed E-state index contributed by atoms with van der Waals surface area (Å²) in [6.07, 6.45) is 0. The summed E-state index contributed by atoms with van der Waals surface area (Å²) in [5.41, 5.74) is 8.43. The van der Waals surface area contributed by atoms with Crippen LogP contribution in [-0.4, -0.2) is 10.9 Å². The van der Waals surface area contributed by atoms with Gasteiger partial charge in [-0.3, -0.25) is 9.63 Å². The number of halogens is 3. The van der Waals surface area contributed by atoms with Crippen molar-refractivity contribution in [3.8, 4) is 0 Å². The first-order valence-electron chi connectivity index (χ1n) is 5.75. The van der Waals surface area contributed by atoms with Crippen LogP contribution in [-0.2, 0) is 11.4 Å². The van der Waals surface area contributed by atoms with Crippen LogP contribution in [0.4, 0.5) is 10.1 Å². The minimum Gasteiger partial charge on any atom is -0.397 e. The third-order valence-electron chi connectivity index (χ3n) is 2.49. The highest BCUT2D eigenvalue weighted by molar-refractivity contribution is 6.37. The Morgan fingerprint density at radius 2 is 2.00 bits per heavy atom. The lowest BCUT2D eigenvalue weighted by Crippen LogP contribution is -2.25. The highest BCUT2D eigenvalue weighted by Gasteiger charge is 2.16. The number of benzene rings is 1. The summed E-state index contributed by atoms with van der Waals surface area (Å²) in [5, 5.41) is 0.0304. The number of nitrogens with two attached hydrogens (primary N) is 1. The van der Waals surface area contributed by atoms with Crippen molar-refractivity contribution in [2.24, 2.45) is 0 Å². The molecule has 1 amide bonds. The minimum absolute atomic E-state index is 0.0118. The maximum atomic E-state index is 12.7. The SMILES string of the molecule is Nc1cc(Cl)nc(C(=O)NOCc2ccc(F)cc2)c1Cl. The second-order valence-electron chi connectivity index (χ2n) is 4.04. The van der Waals surface area contributed by atoms with Gasteiger partial charge in [0.15, 0.2) is 5.69 Å². The summed E-state index contributed by atoms with van der Waals surface area (Å²) in [4.78, 5) is 20.6. The van der Waals surface area contributed by atoms with E-state index in [1.165, 1.54) is 30.3 Å². The Kier molecular flexibility index (Phi) is 4.95. The number of nitrogen functional groups attached to an aromatic ring is 1. The predicted octanol–water partition coefficient (Wildman–Crippen LogP) is 2.97. The lowest BCUT2D eigenvalue weighted by Gasteiger charge is -2.08. The van der Waals surface area contributed by atoms with Crippen molar-refractivity contribution >= 4 is 34.8 Å². The lowest BCUT2D eigenvalue weighted by molar-refractivity contribution is 0.0229. The minimum atomic E-state index is -0.684. The molecule has 1 heterocycles. The normalized spacial score (nSPS) is 10.4. The molecule has 0 bridgehead atoms. The van der Waals surface area contributed by atoms with E-state index in [4.69, 9.17) is 33.8 Å². The molecule has 0 saturated carbocycles. The number of hydrogen-bond donors (Lipinski definition) is 2. The second kappa shape index (κ2) is 6.71. The molecule has 0 fully saturated rings. The highest BCUT2D eigenvalue weighted by atomic mass is 35.5. The fourth-order valence-corrected chi connectivity index (χ4v) is 1.87. The van der Waals surface area contributed by atoms with Crippen LogP contribution in [0.2, 0.25) is 10.2 Å². The number of pyridine rings is 1. The maximum Gasteiger partial charge on any atom is 0.295 e. The number of nitrogens with zero attached hydrogens (tertiary/aromatic N) is 1. The number of carbonyl (C=O) groups is 1. The van der Waals surface area contributed by atoms with Crippen molar-refractivity contribution in [3.63, 3.8) is 0 Å². The molecule has 0 spiro atoms. The van der Waals surface area contributed by atoms with Crippen LogP contribution < -0.4 is 11.2 Å². The number of hydrogen-bond acceptors (Lipinski definition) is 4. The molecule has 0 atom stereocenters. The predicted molar refractivity (Wildman–Crippen MR) is 77.3 cm³/mol.